The van der Waals surface area contributed by atoms with Crippen LogP contribution >= 0.6 is 23.5 Å². The lowest BCUT2D eigenvalue weighted by atomic mass is 10.1. The normalized spacial score (nSPS) is 27.8. The van der Waals surface area contributed by atoms with E-state index in [2.05, 4.69) is 66.6 Å². The van der Waals surface area contributed by atoms with Crippen LogP contribution in [0.5, 0.6) is 0 Å². The number of nitrogens with zero attached hydrogens (tertiary/aromatic N) is 1. The predicted molar refractivity (Wildman–Crippen MR) is 111 cm³/mol. The van der Waals surface area contributed by atoms with Gasteiger partial charge in [-0.25, -0.2) is 0 Å². The first-order valence-electron chi connectivity index (χ1n) is 9.12. The van der Waals surface area contributed by atoms with Crippen LogP contribution in [0.25, 0.3) is 10.9 Å². The minimum atomic E-state index is 0.936. The maximum Gasteiger partial charge on any atom is 0.0701 e. The van der Waals surface area contributed by atoms with Crippen molar-refractivity contribution in [1.29, 1.82) is 0 Å². The summed E-state index contributed by atoms with van der Waals surface area (Å²) in [6, 6.07) is 12.1. The van der Waals surface area contributed by atoms with Crippen molar-refractivity contribution in [3.63, 3.8) is 0 Å². The number of para-hydroxylation sites is 1. The monoisotopic (exact) mass is 357 g/mol. The van der Waals surface area contributed by atoms with Gasteiger partial charge in [0, 0.05) is 32.6 Å². The summed E-state index contributed by atoms with van der Waals surface area (Å²) in [7, 11) is 0. The fourth-order valence-corrected chi connectivity index (χ4v) is 5.51. The van der Waals surface area contributed by atoms with Crippen LogP contribution in [0.2, 0.25) is 0 Å². The van der Waals surface area contributed by atoms with Gasteiger partial charge >= 0.3 is 0 Å². The van der Waals surface area contributed by atoms with Gasteiger partial charge < -0.3 is 0 Å². The van der Waals surface area contributed by atoms with E-state index in [0.29, 0.717) is 0 Å². The maximum atomic E-state index is 4.18. The zero-order valence-electron chi connectivity index (χ0n) is 14.6. The van der Waals surface area contributed by atoms with Gasteiger partial charge in [-0.15, -0.1) is 23.5 Å². The molecule has 3 heteroatoms. The molecule has 0 amide bonds. The maximum absolute atomic E-state index is 4.18. The number of rotatable bonds is 3. The van der Waals surface area contributed by atoms with E-state index in [4.69, 9.17) is 0 Å². The highest BCUT2D eigenvalue weighted by atomic mass is 32.2. The number of pyridine rings is 1. The molecule has 0 N–H and O–H groups in total. The SMILES string of the molecule is C1=CC2SC2C2SC12.CCCCCC.c1ccc2ncccc2c1. The molecule has 128 valence electrons. The van der Waals surface area contributed by atoms with Gasteiger partial charge in [0.2, 0.25) is 0 Å². The van der Waals surface area contributed by atoms with Crippen LogP contribution in [0.1, 0.15) is 39.5 Å². The molecule has 1 aliphatic carbocycles. The van der Waals surface area contributed by atoms with Gasteiger partial charge in [0.25, 0.3) is 0 Å². The average molecular weight is 358 g/mol. The molecule has 2 fully saturated rings. The van der Waals surface area contributed by atoms with Crippen LogP contribution in [0.4, 0.5) is 0 Å². The lowest BCUT2D eigenvalue weighted by Gasteiger charge is -1.91. The third-order valence-electron chi connectivity index (χ3n) is 4.41. The van der Waals surface area contributed by atoms with Crippen molar-refractivity contribution in [3.05, 3.63) is 54.7 Å². The molecule has 2 aliphatic heterocycles. The minimum Gasteiger partial charge on any atom is -0.256 e. The van der Waals surface area contributed by atoms with Crippen molar-refractivity contribution in [3.8, 4) is 0 Å². The second kappa shape index (κ2) is 8.96. The van der Waals surface area contributed by atoms with E-state index >= 15 is 0 Å². The number of unbranched alkanes of at least 4 members (excludes halogenated alkanes) is 3. The minimum absolute atomic E-state index is 0.936. The highest BCUT2D eigenvalue weighted by Gasteiger charge is 2.56. The molecule has 0 bridgehead atoms. The van der Waals surface area contributed by atoms with E-state index in [1.807, 2.05) is 30.5 Å². The molecule has 1 nitrogen and oxygen atoms in total. The fourth-order valence-electron chi connectivity index (χ4n) is 2.85. The van der Waals surface area contributed by atoms with Crippen molar-refractivity contribution in [2.45, 2.75) is 60.5 Å². The molecule has 1 aromatic carbocycles. The Labute approximate surface area is 154 Å². The van der Waals surface area contributed by atoms with Crippen LogP contribution in [0.3, 0.4) is 0 Å². The summed E-state index contributed by atoms with van der Waals surface area (Å²) >= 11 is 4.28. The summed E-state index contributed by atoms with van der Waals surface area (Å²) in [4.78, 5) is 4.18. The number of benzene rings is 1. The third-order valence-corrected chi connectivity index (χ3v) is 7.28. The van der Waals surface area contributed by atoms with Crippen LogP contribution in [0, 0.1) is 0 Å². The van der Waals surface area contributed by atoms with Crippen molar-refractivity contribution in [2.75, 3.05) is 0 Å². The molecule has 0 saturated carbocycles. The van der Waals surface area contributed by atoms with Gasteiger partial charge in [0.05, 0.1) is 5.52 Å². The first-order chi connectivity index (χ1) is 11.8. The summed E-state index contributed by atoms with van der Waals surface area (Å²) in [5.41, 5.74) is 1.06. The molecule has 4 unspecified atom stereocenters. The average Bonchev–Trinajstić information content (AvgIpc) is 3.52. The summed E-state index contributed by atoms with van der Waals surface area (Å²) < 4.78 is 0. The van der Waals surface area contributed by atoms with Crippen LogP contribution < -0.4 is 0 Å². The standard InChI is InChI=1S/C9H7N.C6H6S2.C6H14/c1-2-6-9-8(4-1)5-3-7-10-9;1-2-4-6(8-4)5-3(1)7-5;1-3-5-6-4-2/h1-7H;1-6H;3-6H2,1-2H3. The molecule has 3 heterocycles. The van der Waals surface area contributed by atoms with Crippen molar-refractivity contribution in [1.82, 2.24) is 4.98 Å². The van der Waals surface area contributed by atoms with Crippen LogP contribution in [-0.2, 0) is 0 Å². The Morgan fingerprint density at radius 2 is 1.42 bits per heavy atom. The van der Waals surface area contributed by atoms with Gasteiger partial charge in [0.15, 0.2) is 0 Å². The Bertz CT molecular complexity index is 582. The molecule has 1 aromatic heterocycles. The zero-order chi connectivity index (χ0) is 16.8. The van der Waals surface area contributed by atoms with Gasteiger partial charge in [-0.3, -0.25) is 4.98 Å². The molecule has 2 saturated heterocycles. The lowest BCUT2D eigenvalue weighted by Crippen LogP contribution is -2.06. The Hall–Kier alpha value is -0.930. The van der Waals surface area contributed by atoms with Crippen molar-refractivity contribution < 1.29 is 0 Å². The molecular weight excluding hydrogens is 330 g/mol. The number of aromatic nitrogens is 1. The largest absolute Gasteiger partial charge is 0.256 e. The Kier molecular flexibility index (Phi) is 6.67. The van der Waals surface area contributed by atoms with Gasteiger partial charge in [-0.05, 0) is 12.1 Å². The molecule has 0 spiro atoms. The number of thioether (sulfide) groups is 2. The highest BCUT2D eigenvalue weighted by molar-refractivity contribution is 8.13. The summed E-state index contributed by atoms with van der Waals surface area (Å²) in [5, 5.41) is 5.15. The van der Waals surface area contributed by atoms with Crippen LogP contribution in [-0.4, -0.2) is 26.0 Å². The summed E-state index contributed by atoms with van der Waals surface area (Å²) in [6.45, 7) is 4.46. The van der Waals surface area contributed by atoms with E-state index in [1.165, 1.54) is 31.1 Å². The molecule has 4 atom stereocenters. The molecule has 3 aliphatic rings. The van der Waals surface area contributed by atoms with Gasteiger partial charge in [-0.2, -0.15) is 0 Å². The van der Waals surface area contributed by atoms with E-state index in [0.717, 1.165) is 26.5 Å². The fraction of sp³-hybridized carbons (Fsp3) is 0.476. The number of fused-ring (bicyclic) bond motifs is 4. The lowest BCUT2D eigenvalue weighted by molar-refractivity contribution is 0.702. The highest BCUT2D eigenvalue weighted by Crippen LogP contribution is 2.62. The molecule has 24 heavy (non-hydrogen) atoms. The molecule has 0 radical (unpaired) electrons. The first-order valence-corrected chi connectivity index (χ1v) is 11.0. The number of hydrogen-bond donors (Lipinski definition) is 0. The zero-order valence-corrected chi connectivity index (χ0v) is 16.2. The number of hydrogen-bond acceptors (Lipinski definition) is 3. The Balaban J connectivity index is 0.000000110. The summed E-state index contributed by atoms with van der Waals surface area (Å²) in [6.07, 6.45) is 12.1. The predicted octanol–water partition coefficient (Wildman–Crippen LogP) is 6.35. The van der Waals surface area contributed by atoms with E-state index in [-0.39, 0.29) is 0 Å². The topological polar surface area (TPSA) is 12.9 Å². The van der Waals surface area contributed by atoms with Crippen molar-refractivity contribution >= 4 is 34.4 Å². The first kappa shape index (κ1) is 17.9. The van der Waals surface area contributed by atoms with Crippen LogP contribution in [0.15, 0.2) is 54.7 Å². The van der Waals surface area contributed by atoms with E-state index in [1.54, 1.807) is 0 Å². The smallest absolute Gasteiger partial charge is 0.0701 e. The molecule has 5 rings (SSSR count). The Morgan fingerprint density at radius 1 is 0.833 bits per heavy atom. The van der Waals surface area contributed by atoms with Crippen molar-refractivity contribution in [2.24, 2.45) is 0 Å². The third kappa shape index (κ3) is 5.03. The van der Waals surface area contributed by atoms with E-state index < -0.39 is 0 Å². The Morgan fingerprint density at radius 3 is 2.00 bits per heavy atom. The second-order valence-corrected chi connectivity index (χ2v) is 9.14. The second-order valence-electron chi connectivity index (χ2n) is 6.42. The van der Waals surface area contributed by atoms with Gasteiger partial charge in [-0.1, -0.05) is 75.9 Å². The summed E-state index contributed by atoms with van der Waals surface area (Å²) in [5.74, 6) is 0. The molecule has 2 aromatic rings. The van der Waals surface area contributed by atoms with Gasteiger partial charge in [0.1, 0.15) is 0 Å². The van der Waals surface area contributed by atoms with E-state index in [9.17, 15) is 0 Å². The molecular formula is C21H27NS2. The quantitative estimate of drug-likeness (QED) is 0.361.